The minimum Gasteiger partial charge on any atom is -0.494 e. The number of hydrogen-bond acceptors (Lipinski definition) is 8. The SMILES string of the molecule is C=CC1Nc2cc(Nc3nccc(-c4c5n(c6ccccc46)CC(F)(F)CC5)n3)c(OC)cc2N(CCN(C)C)O1. The van der Waals surface area contributed by atoms with Crippen molar-refractivity contribution < 1.29 is 18.4 Å². The van der Waals surface area contributed by atoms with E-state index in [1.165, 1.54) is 0 Å². The Bertz CT molecular complexity index is 1600. The summed E-state index contributed by atoms with van der Waals surface area (Å²) in [5, 5.41) is 9.38. The molecule has 0 radical (unpaired) electrons. The van der Waals surface area contributed by atoms with E-state index in [9.17, 15) is 8.78 Å². The Labute approximate surface area is 237 Å². The molecule has 1 unspecified atom stereocenters. The number of hydroxylamine groups is 1. The summed E-state index contributed by atoms with van der Waals surface area (Å²) in [6.07, 6.45) is 3.06. The number of benzene rings is 2. The minimum atomic E-state index is -2.74. The van der Waals surface area contributed by atoms with E-state index >= 15 is 0 Å². The zero-order chi connectivity index (χ0) is 28.7. The van der Waals surface area contributed by atoms with Crippen molar-refractivity contribution in [2.45, 2.75) is 31.5 Å². The highest BCUT2D eigenvalue weighted by Crippen LogP contribution is 2.43. The third-order valence-corrected chi connectivity index (χ3v) is 7.44. The molecular formula is C30H33F2N7O2. The molecular weight excluding hydrogens is 528 g/mol. The van der Waals surface area contributed by atoms with Crippen LogP contribution in [0.3, 0.4) is 0 Å². The average molecular weight is 562 g/mol. The fraction of sp³-hybridized carbons (Fsp3) is 0.333. The van der Waals surface area contributed by atoms with Gasteiger partial charge in [-0.15, -0.1) is 0 Å². The number of aromatic nitrogens is 3. The van der Waals surface area contributed by atoms with Crippen LogP contribution in [0.1, 0.15) is 12.1 Å². The predicted octanol–water partition coefficient (Wildman–Crippen LogP) is 5.67. The molecule has 6 rings (SSSR count). The lowest BCUT2D eigenvalue weighted by molar-refractivity contribution is -0.0328. The lowest BCUT2D eigenvalue weighted by Crippen LogP contribution is -2.41. The van der Waals surface area contributed by atoms with Crippen LogP contribution in [0.5, 0.6) is 5.75 Å². The zero-order valence-corrected chi connectivity index (χ0v) is 23.3. The Hall–Kier alpha value is -4.22. The summed E-state index contributed by atoms with van der Waals surface area (Å²) in [5.74, 6) is -1.79. The lowest BCUT2D eigenvalue weighted by atomic mass is 10.0. The molecule has 2 aromatic heterocycles. The highest BCUT2D eigenvalue weighted by atomic mass is 19.3. The van der Waals surface area contributed by atoms with E-state index in [4.69, 9.17) is 14.6 Å². The van der Waals surface area contributed by atoms with Crippen molar-refractivity contribution in [3.63, 3.8) is 0 Å². The van der Waals surface area contributed by atoms with E-state index in [1.807, 2.05) is 61.6 Å². The maximum atomic E-state index is 14.4. The number of nitrogens with one attached hydrogen (secondary N) is 2. The number of likely N-dealkylation sites (N-methyl/N-ethyl adjacent to an activating group) is 1. The molecule has 2 aliphatic heterocycles. The molecule has 9 nitrogen and oxygen atoms in total. The van der Waals surface area contributed by atoms with Crippen molar-refractivity contribution >= 4 is 33.9 Å². The largest absolute Gasteiger partial charge is 0.494 e. The number of methoxy groups -OCH3 is 1. The van der Waals surface area contributed by atoms with Crippen LogP contribution in [0.2, 0.25) is 0 Å². The van der Waals surface area contributed by atoms with Crippen LogP contribution in [0, 0.1) is 0 Å². The third-order valence-electron chi connectivity index (χ3n) is 7.44. The number of halogens is 2. The Kier molecular flexibility index (Phi) is 7.00. The highest BCUT2D eigenvalue weighted by molar-refractivity contribution is 5.97. The Morgan fingerprint density at radius 1 is 1.27 bits per heavy atom. The van der Waals surface area contributed by atoms with Crippen LogP contribution in [0.15, 0.2) is 61.3 Å². The normalized spacial score (nSPS) is 17.6. The van der Waals surface area contributed by atoms with E-state index < -0.39 is 12.2 Å². The number of hydrogen-bond donors (Lipinski definition) is 2. The number of anilines is 4. The molecule has 214 valence electrons. The van der Waals surface area contributed by atoms with Gasteiger partial charge < -0.3 is 24.8 Å². The molecule has 4 aromatic rings. The second-order valence-corrected chi connectivity index (χ2v) is 10.6. The molecule has 0 saturated heterocycles. The van der Waals surface area contributed by atoms with Crippen molar-refractivity contribution in [1.29, 1.82) is 0 Å². The maximum absolute atomic E-state index is 14.4. The number of rotatable bonds is 8. The van der Waals surface area contributed by atoms with Gasteiger partial charge in [0.25, 0.3) is 5.92 Å². The first-order valence-corrected chi connectivity index (χ1v) is 13.5. The molecule has 2 aromatic carbocycles. The van der Waals surface area contributed by atoms with Crippen molar-refractivity contribution in [1.82, 2.24) is 19.4 Å². The van der Waals surface area contributed by atoms with Gasteiger partial charge in [0.1, 0.15) is 5.75 Å². The lowest BCUT2D eigenvalue weighted by Gasteiger charge is -2.36. The molecule has 2 N–H and O–H groups in total. The van der Waals surface area contributed by atoms with Gasteiger partial charge in [-0.05, 0) is 44.8 Å². The van der Waals surface area contributed by atoms with Gasteiger partial charge in [-0.1, -0.05) is 24.8 Å². The molecule has 0 spiro atoms. The predicted molar refractivity (Wildman–Crippen MR) is 157 cm³/mol. The summed E-state index contributed by atoms with van der Waals surface area (Å²) in [6, 6.07) is 13.3. The number of fused-ring (bicyclic) bond motifs is 4. The van der Waals surface area contributed by atoms with Gasteiger partial charge in [0, 0.05) is 47.4 Å². The van der Waals surface area contributed by atoms with Gasteiger partial charge >= 0.3 is 0 Å². The molecule has 11 heteroatoms. The number of alkyl halides is 2. The first-order valence-electron chi connectivity index (χ1n) is 13.5. The molecule has 0 aliphatic carbocycles. The van der Waals surface area contributed by atoms with E-state index in [1.54, 1.807) is 23.9 Å². The summed E-state index contributed by atoms with van der Waals surface area (Å²) >= 11 is 0. The number of ether oxygens (including phenoxy) is 1. The van der Waals surface area contributed by atoms with Crippen LogP contribution in [0.4, 0.5) is 31.8 Å². The van der Waals surface area contributed by atoms with Crippen molar-refractivity contribution in [2.75, 3.05) is 50.0 Å². The standard InChI is InChI=1S/C30H33F2N7O2/c1-5-27-34-21-16-22(26(40-4)17-25(21)39(41-27)15-14-37(2)3)36-29-33-13-11-20(35-29)28-19-8-6-7-9-23(19)38-18-30(31,32)12-10-24(28)38/h5-9,11,13,16-17,27,34H,1,10,12,14-15,18H2,2-4H3,(H,33,35,36). The van der Waals surface area contributed by atoms with E-state index in [2.05, 4.69) is 27.1 Å². The molecule has 0 amide bonds. The fourth-order valence-electron chi connectivity index (χ4n) is 5.47. The van der Waals surface area contributed by atoms with Crippen molar-refractivity contribution in [3.05, 3.63) is 67.0 Å². The van der Waals surface area contributed by atoms with Gasteiger partial charge in [-0.2, -0.15) is 0 Å². The molecule has 0 saturated carbocycles. The molecule has 0 bridgehead atoms. The van der Waals surface area contributed by atoms with Gasteiger partial charge in [0.15, 0.2) is 6.23 Å². The van der Waals surface area contributed by atoms with Gasteiger partial charge in [-0.3, -0.25) is 0 Å². The van der Waals surface area contributed by atoms with Crippen LogP contribution in [-0.2, 0) is 17.8 Å². The molecule has 2 aliphatic rings. The van der Waals surface area contributed by atoms with Gasteiger partial charge in [0.2, 0.25) is 5.95 Å². The highest BCUT2D eigenvalue weighted by Gasteiger charge is 2.37. The van der Waals surface area contributed by atoms with Crippen molar-refractivity contribution in [3.8, 4) is 17.0 Å². The average Bonchev–Trinajstić information content (AvgIpc) is 3.28. The van der Waals surface area contributed by atoms with E-state index in [0.29, 0.717) is 29.6 Å². The topological polar surface area (TPSA) is 79.7 Å². The zero-order valence-electron chi connectivity index (χ0n) is 23.3. The Morgan fingerprint density at radius 2 is 2.10 bits per heavy atom. The first-order chi connectivity index (χ1) is 19.8. The van der Waals surface area contributed by atoms with Crippen molar-refractivity contribution in [2.24, 2.45) is 0 Å². The van der Waals surface area contributed by atoms with E-state index in [-0.39, 0.29) is 19.4 Å². The number of para-hydroxylation sites is 1. The summed E-state index contributed by atoms with van der Waals surface area (Å²) in [6.45, 7) is 4.98. The summed E-state index contributed by atoms with van der Waals surface area (Å²) in [5.41, 5.74) is 5.52. The van der Waals surface area contributed by atoms with Crippen LogP contribution < -0.4 is 20.4 Å². The van der Waals surface area contributed by atoms with Gasteiger partial charge in [-0.25, -0.2) is 28.6 Å². The quantitative estimate of drug-likeness (QED) is 0.267. The van der Waals surface area contributed by atoms with Crippen LogP contribution in [0.25, 0.3) is 22.2 Å². The second kappa shape index (κ2) is 10.6. The second-order valence-electron chi connectivity index (χ2n) is 10.6. The Morgan fingerprint density at radius 3 is 2.88 bits per heavy atom. The van der Waals surface area contributed by atoms with Crippen LogP contribution in [-0.4, -0.2) is 65.9 Å². The summed E-state index contributed by atoms with van der Waals surface area (Å²) < 4.78 is 36.2. The summed E-state index contributed by atoms with van der Waals surface area (Å²) in [7, 11) is 5.63. The molecule has 4 heterocycles. The van der Waals surface area contributed by atoms with Crippen LogP contribution >= 0.6 is 0 Å². The minimum absolute atomic E-state index is 0.188. The summed E-state index contributed by atoms with van der Waals surface area (Å²) in [4.78, 5) is 17.4. The monoisotopic (exact) mass is 561 g/mol. The maximum Gasteiger partial charge on any atom is 0.266 e. The smallest absolute Gasteiger partial charge is 0.266 e. The molecule has 41 heavy (non-hydrogen) atoms. The first kappa shape index (κ1) is 27.0. The van der Waals surface area contributed by atoms with Gasteiger partial charge in [0.05, 0.1) is 43.0 Å². The molecule has 0 fully saturated rings. The Balaban J connectivity index is 1.36. The number of nitrogens with zero attached hydrogens (tertiary/aromatic N) is 5. The van der Waals surface area contributed by atoms with E-state index in [0.717, 1.165) is 40.1 Å². The third kappa shape index (κ3) is 5.18. The fourth-order valence-corrected chi connectivity index (χ4v) is 5.47. The molecule has 1 atom stereocenters.